The predicted octanol–water partition coefficient (Wildman–Crippen LogP) is 1.27. The lowest BCUT2D eigenvalue weighted by molar-refractivity contribution is 0.0911. The summed E-state index contributed by atoms with van der Waals surface area (Å²) in [6, 6.07) is 8.18. The average molecular weight is 274 g/mol. The van der Waals surface area contributed by atoms with E-state index in [-0.39, 0.29) is 35.6 Å². The molecule has 106 valence electrons. The SMILES string of the molecule is CC(CO)C(C)NC(=O)c1cc(=O)c2ccccc2[nH]1. The summed E-state index contributed by atoms with van der Waals surface area (Å²) < 4.78 is 0. The van der Waals surface area contributed by atoms with Crippen molar-refractivity contribution in [2.75, 3.05) is 6.61 Å². The molecule has 0 aliphatic carbocycles. The standard InChI is InChI=1S/C15H18N2O3/c1-9(8-18)10(2)16-15(20)13-7-14(19)11-5-3-4-6-12(11)17-13/h3-7,9-10,18H,8H2,1-2H3,(H,16,20)(H,17,19). The molecule has 5 heteroatoms. The number of nitrogens with one attached hydrogen (secondary N) is 2. The van der Waals surface area contributed by atoms with E-state index in [1.54, 1.807) is 24.3 Å². The third kappa shape index (κ3) is 2.88. The summed E-state index contributed by atoms with van der Waals surface area (Å²) in [5, 5.41) is 12.4. The summed E-state index contributed by atoms with van der Waals surface area (Å²) in [4.78, 5) is 27.0. The molecule has 0 radical (unpaired) electrons. The van der Waals surface area contributed by atoms with Crippen LogP contribution in [0.4, 0.5) is 0 Å². The Morgan fingerprint density at radius 3 is 2.75 bits per heavy atom. The van der Waals surface area contributed by atoms with Gasteiger partial charge in [-0.25, -0.2) is 0 Å². The van der Waals surface area contributed by atoms with Gasteiger partial charge in [-0.2, -0.15) is 0 Å². The van der Waals surface area contributed by atoms with Crippen molar-refractivity contribution < 1.29 is 9.90 Å². The van der Waals surface area contributed by atoms with Crippen molar-refractivity contribution in [3.8, 4) is 0 Å². The minimum absolute atomic E-state index is 0.00428. The maximum Gasteiger partial charge on any atom is 0.268 e. The van der Waals surface area contributed by atoms with Crippen LogP contribution in [-0.2, 0) is 0 Å². The highest BCUT2D eigenvalue weighted by atomic mass is 16.3. The molecular formula is C15H18N2O3. The zero-order valence-electron chi connectivity index (χ0n) is 11.5. The van der Waals surface area contributed by atoms with Crippen molar-refractivity contribution in [1.82, 2.24) is 10.3 Å². The molecule has 0 saturated carbocycles. The van der Waals surface area contributed by atoms with Crippen LogP contribution >= 0.6 is 0 Å². The van der Waals surface area contributed by atoms with Gasteiger partial charge in [0.05, 0.1) is 0 Å². The van der Waals surface area contributed by atoms with Crippen molar-refractivity contribution in [1.29, 1.82) is 0 Å². The van der Waals surface area contributed by atoms with Gasteiger partial charge in [0, 0.05) is 29.6 Å². The van der Waals surface area contributed by atoms with Crippen LogP contribution < -0.4 is 10.7 Å². The van der Waals surface area contributed by atoms with Crippen LogP contribution in [0.3, 0.4) is 0 Å². The van der Waals surface area contributed by atoms with E-state index in [1.807, 2.05) is 13.8 Å². The number of hydrogen-bond donors (Lipinski definition) is 3. The zero-order valence-corrected chi connectivity index (χ0v) is 11.5. The van der Waals surface area contributed by atoms with Crippen LogP contribution in [0.5, 0.6) is 0 Å². The van der Waals surface area contributed by atoms with E-state index in [4.69, 9.17) is 5.11 Å². The number of H-pyrrole nitrogens is 1. The van der Waals surface area contributed by atoms with Crippen LogP contribution in [-0.4, -0.2) is 28.6 Å². The Kier molecular flexibility index (Phi) is 4.20. The quantitative estimate of drug-likeness (QED) is 0.785. The topological polar surface area (TPSA) is 82.2 Å². The molecule has 1 aromatic heterocycles. The largest absolute Gasteiger partial charge is 0.396 e. The molecule has 1 heterocycles. The number of amides is 1. The highest BCUT2D eigenvalue weighted by Gasteiger charge is 2.16. The second-order valence-electron chi connectivity index (χ2n) is 5.01. The molecule has 0 spiro atoms. The van der Waals surface area contributed by atoms with Crippen molar-refractivity contribution in [2.24, 2.45) is 5.92 Å². The first-order chi connectivity index (χ1) is 9.52. The number of hydrogen-bond acceptors (Lipinski definition) is 3. The maximum absolute atomic E-state index is 12.1. The Morgan fingerprint density at radius 1 is 1.35 bits per heavy atom. The number of aliphatic hydroxyl groups excluding tert-OH is 1. The van der Waals surface area contributed by atoms with E-state index in [0.29, 0.717) is 10.9 Å². The molecule has 0 fully saturated rings. The summed E-state index contributed by atoms with van der Waals surface area (Å²) in [5.41, 5.74) is 0.672. The van der Waals surface area contributed by atoms with Gasteiger partial charge >= 0.3 is 0 Å². The first kappa shape index (κ1) is 14.3. The number of para-hydroxylation sites is 1. The molecule has 0 aliphatic rings. The fraction of sp³-hybridized carbons (Fsp3) is 0.333. The molecule has 2 aromatic rings. The van der Waals surface area contributed by atoms with Crippen molar-refractivity contribution >= 4 is 16.8 Å². The van der Waals surface area contributed by atoms with Crippen LogP contribution in [0, 0.1) is 5.92 Å². The number of fused-ring (bicyclic) bond motifs is 1. The predicted molar refractivity (Wildman–Crippen MR) is 77.7 cm³/mol. The van der Waals surface area contributed by atoms with E-state index in [1.165, 1.54) is 6.07 Å². The Balaban J connectivity index is 2.29. The summed E-state index contributed by atoms with van der Waals surface area (Å²) in [7, 11) is 0. The van der Waals surface area contributed by atoms with E-state index < -0.39 is 0 Å². The first-order valence-corrected chi connectivity index (χ1v) is 6.56. The Labute approximate surface area is 116 Å². The van der Waals surface area contributed by atoms with Crippen molar-refractivity contribution in [3.63, 3.8) is 0 Å². The number of aromatic amines is 1. The van der Waals surface area contributed by atoms with Gasteiger partial charge in [0.25, 0.3) is 5.91 Å². The fourth-order valence-corrected chi connectivity index (χ4v) is 1.90. The molecular weight excluding hydrogens is 256 g/mol. The number of rotatable bonds is 4. The van der Waals surface area contributed by atoms with E-state index in [0.717, 1.165) is 0 Å². The lowest BCUT2D eigenvalue weighted by atomic mass is 10.1. The molecule has 0 saturated heterocycles. The van der Waals surface area contributed by atoms with Crippen molar-refractivity contribution in [3.05, 3.63) is 46.2 Å². The van der Waals surface area contributed by atoms with Crippen LogP contribution in [0.25, 0.3) is 10.9 Å². The average Bonchev–Trinajstić information content (AvgIpc) is 2.46. The molecule has 20 heavy (non-hydrogen) atoms. The molecule has 2 rings (SSSR count). The van der Waals surface area contributed by atoms with Gasteiger partial charge in [-0.1, -0.05) is 19.1 Å². The van der Waals surface area contributed by atoms with Gasteiger partial charge in [0.2, 0.25) is 0 Å². The first-order valence-electron chi connectivity index (χ1n) is 6.56. The molecule has 2 unspecified atom stereocenters. The van der Waals surface area contributed by atoms with Crippen LogP contribution in [0.1, 0.15) is 24.3 Å². The number of aromatic nitrogens is 1. The van der Waals surface area contributed by atoms with Gasteiger partial charge in [0.1, 0.15) is 5.69 Å². The second kappa shape index (κ2) is 5.88. The number of benzene rings is 1. The van der Waals surface area contributed by atoms with E-state index in [9.17, 15) is 9.59 Å². The molecule has 5 nitrogen and oxygen atoms in total. The lowest BCUT2D eigenvalue weighted by Crippen LogP contribution is -2.39. The van der Waals surface area contributed by atoms with Gasteiger partial charge in [-0.15, -0.1) is 0 Å². The highest BCUT2D eigenvalue weighted by Crippen LogP contribution is 2.08. The van der Waals surface area contributed by atoms with E-state index >= 15 is 0 Å². The third-order valence-electron chi connectivity index (χ3n) is 3.48. The Morgan fingerprint density at radius 2 is 2.05 bits per heavy atom. The van der Waals surface area contributed by atoms with Gasteiger partial charge in [-0.05, 0) is 25.0 Å². The molecule has 1 amide bonds. The summed E-state index contributed by atoms with van der Waals surface area (Å²) in [5.74, 6) is -0.396. The van der Waals surface area contributed by atoms with Gasteiger partial charge in [-0.3, -0.25) is 9.59 Å². The number of carbonyl (C=O) groups is 1. The van der Waals surface area contributed by atoms with Gasteiger partial charge in [0.15, 0.2) is 5.43 Å². The number of pyridine rings is 1. The minimum atomic E-state index is -0.347. The molecule has 0 aliphatic heterocycles. The summed E-state index contributed by atoms with van der Waals surface area (Å²) >= 11 is 0. The normalized spacial score (nSPS) is 13.9. The van der Waals surface area contributed by atoms with Crippen LogP contribution in [0.15, 0.2) is 35.1 Å². The zero-order chi connectivity index (χ0) is 14.7. The van der Waals surface area contributed by atoms with Crippen LogP contribution in [0.2, 0.25) is 0 Å². The summed E-state index contributed by atoms with van der Waals surface area (Å²) in [6.07, 6.45) is 0. The second-order valence-corrected chi connectivity index (χ2v) is 5.01. The fourth-order valence-electron chi connectivity index (χ4n) is 1.90. The number of aliphatic hydroxyl groups is 1. The minimum Gasteiger partial charge on any atom is -0.396 e. The summed E-state index contributed by atoms with van der Waals surface area (Å²) in [6.45, 7) is 3.65. The van der Waals surface area contributed by atoms with E-state index in [2.05, 4.69) is 10.3 Å². The molecule has 2 atom stereocenters. The monoisotopic (exact) mass is 274 g/mol. The molecule has 3 N–H and O–H groups in total. The molecule has 0 bridgehead atoms. The smallest absolute Gasteiger partial charge is 0.268 e. The molecule has 1 aromatic carbocycles. The maximum atomic E-state index is 12.1. The third-order valence-corrected chi connectivity index (χ3v) is 3.48. The number of carbonyl (C=O) groups excluding carboxylic acids is 1. The van der Waals surface area contributed by atoms with Gasteiger partial charge < -0.3 is 15.4 Å². The van der Waals surface area contributed by atoms with Crippen molar-refractivity contribution in [2.45, 2.75) is 19.9 Å². The Hall–Kier alpha value is -2.14. The lowest BCUT2D eigenvalue weighted by Gasteiger charge is -2.19. The highest BCUT2D eigenvalue weighted by molar-refractivity contribution is 5.94. The Bertz CT molecular complexity index is 678.